The first-order valence-corrected chi connectivity index (χ1v) is 7.19. The molecule has 0 aliphatic heterocycles. The number of nitrogens with zero attached hydrogens (tertiary/aromatic N) is 1. The molecule has 0 radical (unpaired) electrons. The Kier molecular flexibility index (Phi) is 5.13. The minimum absolute atomic E-state index is 0.0650. The van der Waals surface area contributed by atoms with E-state index >= 15 is 0 Å². The van der Waals surface area contributed by atoms with Crippen LogP contribution in [0.5, 0.6) is 5.75 Å². The topological polar surface area (TPSA) is 66.8 Å². The number of sulfonamides is 1. The Hall–Kier alpha value is -1.11. The largest absolute Gasteiger partial charge is 0.494 e. The summed E-state index contributed by atoms with van der Waals surface area (Å²) in [5.41, 5.74) is 0. The molecule has 1 aromatic carbocycles. The van der Waals surface area contributed by atoms with Gasteiger partial charge in [0.2, 0.25) is 10.0 Å². The van der Waals surface area contributed by atoms with Crippen molar-refractivity contribution in [2.45, 2.75) is 24.8 Å². The summed E-state index contributed by atoms with van der Waals surface area (Å²) in [5, 5.41) is 9.22. The Balaban J connectivity index is 2.91. The molecule has 1 atom stereocenters. The van der Waals surface area contributed by atoms with E-state index in [4.69, 9.17) is 4.74 Å². The van der Waals surface area contributed by atoms with Gasteiger partial charge >= 0.3 is 0 Å². The quantitative estimate of drug-likeness (QED) is 0.842. The maximum absolute atomic E-state index is 12.1. The van der Waals surface area contributed by atoms with Gasteiger partial charge in [0, 0.05) is 13.6 Å². The van der Waals surface area contributed by atoms with Crippen LogP contribution < -0.4 is 4.74 Å². The smallest absolute Gasteiger partial charge is 0.242 e. The van der Waals surface area contributed by atoms with Gasteiger partial charge in [0.05, 0.1) is 17.6 Å². The number of hydrogen-bond acceptors (Lipinski definition) is 4. The van der Waals surface area contributed by atoms with E-state index in [1.54, 1.807) is 19.1 Å². The van der Waals surface area contributed by atoms with E-state index in [2.05, 4.69) is 0 Å². The summed E-state index contributed by atoms with van der Waals surface area (Å²) in [6.07, 6.45) is -0.701. The zero-order valence-corrected chi connectivity index (χ0v) is 11.6. The molecule has 0 fully saturated rings. The highest BCUT2D eigenvalue weighted by atomic mass is 32.2. The maximum atomic E-state index is 12.1. The Labute approximate surface area is 108 Å². The number of hydrogen-bond donors (Lipinski definition) is 1. The first-order chi connectivity index (χ1) is 8.37. The van der Waals surface area contributed by atoms with Gasteiger partial charge < -0.3 is 9.84 Å². The fraction of sp³-hybridized carbons (Fsp3) is 0.500. The van der Waals surface area contributed by atoms with Crippen LogP contribution in [-0.4, -0.2) is 44.1 Å². The van der Waals surface area contributed by atoms with Gasteiger partial charge in [0.25, 0.3) is 0 Å². The minimum atomic E-state index is -3.55. The highest BCUT2D eigenvalue weighted by Gasteiger charge is 2.21. The average Bonchev–Trinajstić information content (AvgIpc) is 2.29. The van der Waals surface area contributed by atoms with Crippen LogP contribution in [-0.2, 0) is 10.0 Å². The average molecular weight is 273 g/mol. The second kappa shape index (κ2) is 6.17. The molecule has 1 N–H and O–H groups in total. The Morgan fingerprint density at radius 3 is 2.33 bits per heavy atom. The van der Waals surface area contributed by atoms with Gasteiger partial charge in [-0.2, -0.15) is 4.31 Å². The highest BCUT2D eigenvalue weighted by molar-refractivity contribution is 7.89. The normalized spacial score (nSPS) is 13.6. The van der Waals surface area contributed by atoms with E-state index in [9.17, 15) is 13.5 Å². The predicted molar refractivity (Wildman–Crippen MR) is 69.1 cm³/mol. The zero-order chi connectivity index (χ0) is 13.8. The van der Waals surface area contributed by atoms with Crippen molar-refractivity contribution in [3.8, 4) is 5.75 Å². The zero-order valence-electron chi connectivity index (χ0n) is 10.8. The second-order valence-electron chi connectivity index (χ2n) is 4.04. The molecule has 5 nitrogen and oxygen atoms in total. The minimum Gasteiger partial charge on any atom is -0.494 e. The van der Waals surface area contributed by atoms with E-state index in [-0.39, 0.29) is 11.4 Å². The third kappa shape index (κ3) is 3.69. The lowest BCUT2D eigenvalue weighted by molar-refractivity contribution is 0.171. The van der Waals surface area contributed by atoms with E-state index in [0.717, 1.165) is 4.31 Å². The van der Waals surface area contributed by atoms with Crippen molar-refractivity contribution < 1.29 is 18.3 Å². The van der Waals surface area contributed by atoms with Gasteiger partial charge in [-0.15, -0.1) is 0 Å². The molecule has 0 aliphatic carbocycles. The number of aliphatic hydroxyl groups is 1. The fourth-order valence-electron chi connectivity index (χ4n) is 1.52. The first-order valence-electron chi connectivity index (χ1n) is 5.75. The summed E-state index contributed by atoms with van der Waals surface area (Å²) in [4.78, 5) is 0.189. The molecule has 1 rings (SSSR count). The number of rotatable bonds is 6. The third-order valence-electron chi connectivity index (χ3n) is 2.36. The summed E-state index contributed by atoms with van der Waals surface area (Å²) in [6.45, 7) is 4.01. The van der Waals surface area contributed by atoms with Crippen molar-refractivity contribution >= 4 is 10.0 Å². The monoisotopic (exact) mass is 273 g/mol. The van der Waals surface area contributed by atoms with Crippen LogP contribution in [0.25, 0.3) is 0 Å². The summed E-state index contributed by atoms with van der Waals surface area (Å²) >= 11 is 0. The molecule has 0 bridgehead atoms. The summed E-state index contributed by atoms with van der Waals surface area (Å²) in [5.74, 6) is 0.634. The number of ether oxygens (including phenoxy) is 1. The van der Waals surface area contributed by atoms with E-state index < -0.39 is 16.1 Å². The Bertz CT molecular complexity index is 467. The standard InChI is InChI=1S/C12H19NO4S/c1-4-17-11-5-7-12(8-6-11)18(15,16)13(3)9-10(2)14/h5-8,10,14H,4,9H2,1-3H3. The van der Waals surface area contributed by atoms with Crippen molar-refractivity contribution in [1.82, 2.24) is 4.31 Å². The molecule has 0 aromatic heterocycles. The van der Waals surface area contributed by atoms with Crippen LogP contribution in [0, 0.1) is 0 Å². The molecule has 0 amide bonds. The lowest BCUT2D eigenvalue weighted by atomic mass is 10.3. The van der Waals surface area contributed by atoms with Crippen LogP contribution in [0.2, 0.25) is 0 Å². The molecule has 0 saturated carbocycles. The molecular weight excluding hydrogens is 254 g/mol. The predicted octanol–water partition coefficient (Wildman–Crippen LogP) is 1.09. The molecule has 0 saturated heterocycles. The number of aliphatic hydroxyl groups excluding tert-OH is 1. The molecule has 102 valence electrons. The molecule has 0 heterocycles. The van der Waals surface area contributed by atoms with Crippen molar-refractivity contribution in [1.29, 1.82) is 0 Å². The summed E-state index contributed by atoms with van der Waals surface area (Å²) in [6, 6.07) is 6.23. The van der Waals surface area contributed by atoms with Crippen molar-refractivity contribution in [3.63, 3.8) is 0 Å². The second-order valence-corrected chi connectivity index (χ2v) is 6.08. The third-order valence-corrected chi connectivity index (χ3v) is 4.20. The van der Waals surface area contributed by atoms with Crippen molar-refractivity contribution in [2.24, 2.45) is 0 Å². The molecule has 1 aromatic rings. The Morgan fingerprint density at radius 2 is 1.89 bits per heavy atom. The molecular formula is C12H19NO4S. The molecule has 1 unspecified atom stereocenters. The lowest BCUT2D eigenvalue weighted by Gasteiger charge is -2.18. The van der Waals surface area contributed by atoms with Gasteiger partial charge in [0.15, 0.2) is 0 Å². The van der Waals surface area contributed by atoms with Crippen LogP contribution in [0.15, 0.2) is 29.2 Å². The lowest BCUT2D eigenvalue weighted by Crippen LogP contribution is -2.33. The van der Waals surface area contributed by atoms with E-state index in [0.29, 0.717) is 12.4 Å². The Morgan fingerprint density at radius 1 is 1.33 bits per heavy atom. The van der Waals surface area contributed by atoms with Crippen LogP contribution in [0.3, 0.4) is 0 Å². The van der Waals surface area contributed by atoms with Crippen LogP contribution in [0.4, 0.5) is 0 Å². The SMILES string of the molecule is CCOc1ccc(S(=O)(=O)N(C)CC(C)O)cc1. The van der Waals surface area contributed by atoms with Crippen molar-refractivity contribution in [2.75, 3.05) is 20.2 Å². The van der Waals surface area contributed by atoms with Gasteiger partial charge in [0.1, 0.15) is 5.75 Å². The molecule has 0 aliphatic rings. The number of benzene rings is 1. The summed E-state index contributed by atoms with van der Waals surface area (Å²) < 4.78 is 30.6. The van der Waals surface area contributed by atoms with E-state index in [1.165, 1.54) is 19.2 Å². The van der Waals surface area contributed by atoms with Gasteiger partial charge in [-0.1, -0.05) is 0 Å². The molecule has 18 heavy (non-hydrogen) atoms. The van der Waals surface area contributed by atoms with Crippen LogP contribution >= 0.6 is 0 Å². The van der Waals surface area contributed by atoms with Gasteiger partial charge in [-0.05, 0) is 38.1 Å². The van der Waals surface area contributed by atoms with Crippen molar-refractivity contribution in [3.05, 3.63) is 24.3 Å². The van der Waals surface area contributed by atoms with Gasteiger partial charge in [-0.3, -0.25) is 0 Å². The van der Waals surface area contributed by atoms with Crippen LogP contribution in [0.1, 0.15) is 13.8 Å². The molecule has 6 heteroatoms. The van der Waals surface area contributed by atoms with Gasteiger partial charge in [-0.25, -0.2) is 8.42 Å². The maximum Gasteiger partial charge on any atom is 0.242 e. The van der Waals surface area contributed by atoms with E-state index in [1.807, 2.05) is 6.92 Å². The first kappa shape index (κ1) is 14.9. The highest BCUT2D eigenvalue weighted by Crippen LogP contribution is 2.18. The molecule has 0 spiro atoms. The fourth-order valence-corrected chi connectivity index (χ4v) is 2.78. The summed E-state index contributed by atoms with van der Waals surface area (Å²) in [7, 11) is -2.11. The number of likely N-dealkylation sites (N-methyl/N-ethyl adjacent to an activating group) is 1.